The van der Waals surface area contributed by atoms with Gasteiger partial charge in [-0.15, -0.1) is 5.10 Å². The van der Waals surface area contributed by atoms with E-state index in [-0.39, 0.29) is 18.4 Å². The van der Waals surface area contributed by atoms with Crippen molar-refractivity contribution in [1.82, 2.24) is 24.5 Å². The van der Waals surface area contributed by atoms with Gasteiger partial charge in [-0.2, -0.15) is 0 Å². The molecule has 2 N–H and O–H groups in total. The van der Waals surface area contributed by atoms with E-state index in [9.17, 15) is 14.3 Å². The second kappa shape index (κ2) is 7.98. The highest BCUT2D eigenvalue weighted by molar-refractivity contribution is 5.68. The van der Waals surface area contributed by atoms with Gasteiger partial charge in [0.05, 0.1) is 30.6 Å². The van der Waals surface area contributed by atoms with Crippen LogP contribution in [0, 0.1) is 0 Å². The molecule has 3 heterocycles. The molecule has 1 aliphatic heterocycles. The predicted octanol–water partition coefficient (Wildman–Crippen LogP) is 2.76. The molecule has 2 aromatic rings. The Morgan fingerprint density at radius 3 is 2.57 bits per heavy atom. The molecule has 1 unspecified atom stereocenters. The molecule has 0 aliphatic carbocycles. The van der Waals surface area contributed by atoms with E-state index in [4.69, 9.17) is 4.74 Å². The van der Waals surface area contributed by atoms with Gasteiger partial charge in [0.15, 0.2) is 0 Å². The highest BCUT2D eigenvalue weighted by atomic mass is 19.1. The van der Waals surface area contributed by atoms with Crippen molar-refractivity contribution in [2.75, 3.05) is 18.4 Å². The average molecular weight is 423 g/mol. The summed E-state index contributed by atoms with van der Waals surface area (Å²) in [7, 11) is 0. The van der Waals surface area contributed by atoms with Gasteiger partial charge in [0.2, 0.25) is 5.95 Å². The highest BCUT2D eigenvalue weighted by Gasteiger charge is 2.34. The number of aromatic nitrogens is 4. The molecule has 2 aromatic heterocycles. The van der Waals surface area contributed by atoms with Crippen molar-refractivity contribution >= 4 is 17.6 Å². The van der Waals surface area contributed by atoms with Gasteiger partial charge in [-0.3, -0.25) is 0 Å². The number of hydrogen-bond acceptors (Lipinski definition) is 7. The second-order valence-corrected chi connectivity index (χ2v) is 9.39. The SMILES string of the molecule is CC(c1ncc2cnc(N[C@@H]3CCN(C(=O)OC(C)(C)C)C[C@H]3F)nn12)C(C)(C)O. The number of nitrogens with zero attached hydrogens (tertiary/aromatic N) is 5. The third kappa shape index (κ3) is 4.97. The fourth-order valence-corrected chi connectivity index (χ4v) is 3.22. The van der Waals surface area contributed by atoms with E-state index in [0.717, 1.165) is 0 Å². The Labute approximate surface area is 175 Å². The lowest BCUT2D eigenvalue weighted by molar-refractivity contribution is 0.0124. The number of fused-ring (bicyclic) bond motifs is 1. The number of amides is 1. The zero-order chi connectivity index (χ0) is 22.3. The predicted molar refractivity (Wildman–Crippen MR) is 110 cm³/mol. The van der Waals surface area contributed by atoms with E-state index in [1.807, 2.05) is 6.92 Å². The molecule has 0 saturated carbocycles. The largest absolute Gasteiger partial charge is 0.444 e. The number of hydrogen-bond donors (Lipinski definition) is 2. The number of piperidine rings is 1. The average Bonchev–Trinajstić information content (AvgIpc) is 3.03. The number of likely N-dealkylation sites (tertiary alicyclic amines) is 1. The maximum Gasteiger partial charge on any atom is 0.410 e. The summed E-state index contributed by atoms with van der Waals surface area (Å²) >= 11 is 0. The number of ether oxygens (including phenoxy) is 1. The van der Waals surface area contributed by atoms with E-state index < -0.39 is 29.5 Å². The third-order valence-corrected chi connectivity index (χ3v) is 5.26. The van der Waals surface area contributed by atoms with Crippen molar-refractivity contribution in [2.24, 2.45) is 0 Å². The number of anilines is 1. The lowest BCUT2D eigenvalue weighted by Gasteiger charge is -2.35. The summed E-state index contributed by atoms with van der Waals surface area (Å²) < 4.78 is 21.7. The minimum Gasteiger partial charge on any atom is -0.444 e. The molecule has 3 rings (SSSR count). The van der Waals surface area contributed by atoms with Crippen molar-refractivity contribution in [3.8, 4) is 0 Å². The monoisotopic (exact) mass is 422 g/mol. The molecule has 10 heteroatoms. The first kappa shape index (κ1) is 22.2. The zero-order valence-electron chi connectivity index (χ0n) is 18.4. The second-order valence-electron chi connectivity index (χ2n) is 9.39. The Morgan fingerprint density at radius 1 is 1.30 bits per heavy atom. The molecule has 1 amide bonds. The number of carbonyl (C=O) groups is 1. The van der Waals surface area contributed by atoms with Crippen LogP contribution in [0.25, 0.3) is 5.52 Å². The molecule has 1 fully saturated rings. The van der Waals surface area contributed by atoms with E-state index in [1.165, 1.54) is 4.90 Å². The molecule has 166 valence electrons. The fraction of sp³-hybridized carbons (Fsp3) is 0.700. The van der Waals surface area contributed by atoms with Crippen molar-refractivity contribution in [3.05, 3.63) is 18.2 Å². The number of nitrogens with one attached hydrogen (secondary N) is 1. The molecule has 0 aromatic carbocycles. The number of rotatable bonds is 4. The van der Waals surface area contributed by atoms with Crippen LogP contribution >= 0.6 is 0 Å². The van der Waals surface area contributed by atoms with Gasteiger partial charge < -0.3 is 20.1 Å². The van der Waals surface area contributed by atoms with Crippen LogP contribution in [-0.2, 0) is 4.74 Å². The topological polar surface area (TPSA) is 105 Å². The summed E-state index contributed by atoms with van der Waals surface area (Å²) in [6, 6.07) is -0.528. The molecule has 3 atom stereocenters. The number of alkyl halides is 1. The summed E-state index contributed by atoms with van der Waals surface area (Å²) in [5.74, 6) is 0.594. The van der Waals surface area contributed by atoms with Gasteiger partial charge in [0.1, 0.15) is 23.1 Å². The number of imidazole rings is 1. The first-order chi connectivity index (χ1) is 13.8. The summed E-state index contributed by atoms with van der Waals surface area (Å²) in [5, 5.41) is 17.8. The van der Waals surface area contributed by atoms with Gasteiger partial charge in [0.25, 0.3) is 0 Å². The van der Waals surface area contributed by atoms with Crippen molar-refractivity contribution in [3.63, 3.8) is 0 Å². The van der Waals surface area contributed by atoms with Crippen LogP contribution in [0.4, 0.5) is 15.1 Å². The van der Waals surface area contributed by atoms with Crippen molar-refractivity contribution < 1.29 is 19.0 Å². The Bertz CT molecular complexity index is 904. The fourth-order valence-electron chi connectivity index (χ4n) is 3.22. The summed E-state index contributed by atoms with van der Waals surface area (Å²) in [4.78, 5) is 22.2. The standard InChI is InChI=1S/C20H31FN6O3/c1-12(20(5,6)29)16-22-9-13-10-23-17(25-27(13)16)24-15-7-8-26(11-14(15)21)18(28)30-19(2,3)4/h9-10,12,14-15,29H,7-8,11H2,1-6H3,(H,24,25)/t12?,14-,15-/m1/s1. The third-order valence-electron chi connectivity index (χ3n) is 5.26. The molecular formula is C20H31FN6O3. The maximum atomic E-state index is 14.8. The van der Waals surface area contributed by atoms with Crippen LogP contribution in [0.15, 0.2) is 12.4 Å². The number of carbonyl (C=O) groups excluding carboxylic acids is 1. The summed E-state index contributed by atoms with van der Waals surface area (Å²) in [6.45, 7) is 11.0. The Balaban J connectivity index is 1.70. The molecule has 1 saturated heterocycles. The van der Waals surface area contributed by atoms with Crippen LogP contribution in [0.3, 0.4) is 0 Å². The minimum absolute atomic E-state index is 0.0547. The van der Waals surface area contributed by atoms with Gasteiger partial charge in [-0.1, -0.05) is 6.92 Å². The quantitative estimate of drug-likeness (QED) is 0.780. The van der Waals surface area contributed by atoms with Gasteiger partial charge >= 0.3 is 6.09 Å². The highest BCUT2D eigenvalue weighted by Crippen LogP contribution is 2.27. The molecule has 1 aliphatic rings. The van der Waals surface area contributed by atoms with E-state index in [0.29, 0.717) is 24.3 Å². The molecule has 9 nitrogen and oxygen atoms in total. The lowest BCUT2D eigenvalue weighted by Crippen LogP contribution is -2.51. The van der Waals surface area contributed by atoms with Gasteiger partial charge in [0, 0.05) is 12.5 Å². The molecule has 0 bridgehead atoms. The van der Waals surface area contributed by atoms with Crippen LogP contribution in [0.5, 0.6) is 0 Å². The molecule has 0 spiro atoms. The van der Waals surface area contributed by atoms with Gasteiger partial charge in [-0.25, -0.2) is 23.7 Å². The van der Waals surface area contributed by atoms with Crippen molar-refractivity contribution in [1.29, 1.82) is 0 Å². The minimum atomic E-state index is -1.29. The first-order valence-electron chi connectivity index (χ1n) is 10.2. The normalized spacial score (nSPS) is 21.5. The van der Waals surface area contributed by atoms with E-state index in [2.05, 4.69) is 20.4 Å². The number of aliphatic hydroxyl groups is 1. The van der Waals surface area contributed by atoms with Crippen molar-refractivity contribution in [2.45, 2.75) is 77.3 Å². The Morgan fingerprint density at radius 2 is 1.97 bits per heavy atom. The lowest BCUT2D eigenvalue weighted by atomic mass is 9.92. The van der Waals surface area contributed by atoms with Crippen LogP contribution in [0.1, 0.15) is 59.7 Å². The van der Waals surface area contributed by atoms with Crippen LogP contribution < -0.4 is 5.32 Å². The van der Waals surface area contributed by atoms with E-state index in [1.54, 1.807) is 51.5 Å². The Kier molecular flexibility index (Phi) is 5.90. The summed E-state index contributed by atoms with van der Waals surface area (Å²) in [6.07, 6.45) is 1.84. The van der Waals surface area contributed by atoms with Crippen LogP contribution in [-0.4, -0.2) is 72.2 Å². The molecule has 30 heavy (non-hydrogen) atoms. The zero-order valence-corrected chi connectivity index (χ0v) is 18.4. The van der Waals surface area contributed by atoms with E-state index >= 15 is 0 Å². The molecular weight excluding hydrogens is 391 g/mol. The van der Waals surface area contributed by atoms with Crippen LogP contribution in [0.2, 0.25) is 0 Å². The number of halogens is 1. The maximum absolute atomic E-state index is 14.8. The Hall–Kier alpha value is -2.49. The summed E-state index contributed by atoms with van der Waals surface area (Å²) in [5.41, 5.74) is -0.911. The first-order valence-corrected chi connectivity index (χ1v) is 10.2. The smallest absolute Gasteiger partial charge is 0.410 e. The van der Waals surface area contributed by atoms with Gasteiger partial charge in [-0.05, 0) is 41.0 Å². The molecule has 0 radical (unpaired) electrons.